The average molecular weight is 283 g/mol. The summed E-state index contributed by atoms with van der Waals surface area (Å²) in [6.45, 7) is 7.26. The van der Waals surface area contributed by atoms with E-state index in [1.165, 1.54) is 41.6 Å². The van der Waals surface area contributed by atoms with E-state index in [1.54, 1.807) is 0 Å². The number of nitrogens with one attached hydrogen (secondary N) is 1. The maximum Gasteiger partial charge on any atom is 0.0537 e. The third-order valence-electron chi connectivity index (χ3n) is 4.66. The first-order valence-corrected chi connectivity index (χ1v) is 8.09. The van der Waals surface area contributed by atoms with Crippen LogP contribution in [0, 0.1) is 6.92 Å². The monoisotopic (exact) mass is 283 g/mol. The molecule has 0 aliphatic heterocycles. The lowest BCUT2D eigenvalue weighted by Crippen LogP contribution is -2.17. The van der Waals surface area contributed by atoms with Crippen molar-refractivity contribution in [2.75, 3.05) is 6.54 Å². The molecule has 3 nitrogen and oxygen atoms in total. The number of fused-ring (bicyclic) bond motifs is 1. The molecule has 1 aliphatic rings. The van der Waals surface area contributed by atoms with Crippen LogP contribution < -0.4 is 5.32 Å². The molecule has 1 aliphatic carbocycles. The minimum atomic E-state index is 0.612. The highest BCUT2D eigenvalue weighted by Gasteiger charge is 2.21. The molecule has 1 aromatic carbocycles. The van der Waals surface area contributed by atoms with Gasteiger partial charge >= 0.3 is 0 Å². The molecule has 112 valence electrons. The van der Waals surface area contributed by atoms with Gasteiger partial charge in [0.2, 0.25) is 0 Å². The van der Waals surface area contributed by atoms with Crippen LogP contribution in [0.4, 0.5) is 0 Å². The van der Waals surface area contributed by atoms with E-state index in [9.17, 15) is 0 Å². The van der Waals surface area contributed by atoms with Crippen LogP contribution in [-0.4, -0.2) is 16.3 Å². The zero-order valence-corrected chi connectivity index (χ0v) is 13.1. The van der Waals surface area contributed by atoms with Crippen LogP contribution in [0.1, 0.15) is 48.1 Å². The van der Waals surface area contributed by atoms with Crippen molar-refractivity contribution in [2.24, 2.45) is 0 Å². The third-order valence-corrected chi connectivity index (χ3v) is 4.66. The molecule has 1 atom stereocenters. The van der Waals surface area contributed by atoms with Crippen molar-refractivity contribution in [3.8, 4) is 0 Å². The van der Waals surface area contributed by atoms with Crippen molar-refractivity contribution in [3.05, 3.63) is 52.8 Å². The largest absolute Gasteiger partial charge is 0.313 e. The Hall–Kier alpha value is -1.61. The summed E-state index contributed by atoms with van der Waals surface area (Å²) in [6.07, 6.45) is 5.83. The Balaban J connectivity index is 1.77. The van der Waals surface area contributed by atoms with Gasteiger partial charge in [0.05, 0.1) is 6.20 Å². The zero-order valence-electron chi connectivity index (χ0n) is 13.1. The summed E-state index contributed by atoms with van der Waals surface area (Å²) in [6, 6.07) is 8.92. The fourth-order valence-electron chi connectivity index (χ4n) is 3.36. The number of hydrogen-bond acceptors (Lipinski definition) is 2. The highest BCUT2D eigenvalue weighted by Crippen LogP contribution is 2.32. The molecule has 1 unspecified atom stereocenters. The molecule has 0 amide bonds. The predicted molar refractivity (Wildman–Crippen MR) is 86.5 cm³/mol. The van der Waals surface area contributed by atoms with Crippen molar-refractivity contribution in [3.63, 3.8) is 0 Å². The number of nitrogens with zero attached hydrogens (tertiary/aromatic N) is 2. The molecule has 3 rings (SSSR count). The maximum atomic E-state index is 4.61. The number of rotatable bonds is 5. The van der Waals surface area contributed by atoms with Crippen LogP contribution in [0.25, 0.3) is 0 Å². The summed E-state index contributed by atoms with van der Waals surface area (Å²) >= 11 is 0. The topological polar surface area (TPSA) is 29.9 Å². The van der Waals surface area contributed by atoms with Crippen LogP contribution >= 0.6 is 0 Å². The Morgan fingerprint density at radius 1 is 1.33 bits per heavy atom. The lowest BCUT2D eigenvalue weighted by molar-refractivity contribution is 0.451. The van der Waals surface area contributed by atoms with Crippen LogP contribution in [0.15, 0.2) is 30.5 Å². The first kappa shape index (κ1) is 14.3. The van der Waals surface area contributed by atoms with Crippen LogP contribution in [0.2, 0.25) is 0 Å². The Kier molecular flexibility index (Phi) is 4.39. The minimum Gasteiger partial charge on any atom is -0.313 e. The number of benzene rings is 1. The van der Waals surface area contributed by atoms with Crippen molar-refractivity contribution in [2.45, 2.75) is 52.1 Å². The Labute approximate surface area is 127 Å². The highest BCUT2D eigenvalue weighted by atomic mass is 15.3. The molecular formula is C18H25N3. The number of hydrogen-bond donors (Lipinski definition) is 1. The van der Waals surface area contributed by atoms with Gasteiger partial charge in [0.1, 0.15) is 0 Å². The molecule has 21 heavy (non-hydrogen) atoms. The van der Waals surface area contributed by atoms with Gasteiger partial charge in [-0.2, -0.15) is 5.10 Å². The van der Waals surface area contributed by atoms with Gasteiger partial charge in [-0.1, -0.05) is 31.2 Å². The average Bonchev–Trinajstić information content (AvgIpc) is 2.86. The van der Waals surface area contributed by atoms with E-state index in [2.05, 4.69) is 53.2 Å². The smallest absolute Gasteiger partial charge is 0.0537 e. The van der Waals surface area contributed by atoms with Crippen molar-refractivity contribution >= 4 is 0 Å². The van der Waals surface area contributed by atoms with Crippen LogP contribution in [0.3, 0.4) is 0 Å². The Morgan fingerprint density at radius 3 is 3.05 bits per heavy atom. The van der Waals surface area contributed by atoms with Crippen LogP contribution in [-0.2, 0) is 19.5 Å². The molecular weight excluding hydrogens is 258 g/mol. The van der Waals surface area contributed by atoms with Crippen molar-refractivity contribution in [1.82, 2.24) is 15.1 Å². The van der Waals surface area contributed by atoms with Crippen LogP contribution in [0.5, 0.6) is 0 Å². The van der Waals surface area contributed by atoms with E-state index in [0.717, 1.165) is 19.6 Å². The molecule has 0 saturated heterocycles. The third kappa shape index (κ3) is 3.03. The van der Waals surface area contributed by atoms with E-state index in [0.29, 0.717) is 5.92 Å². The van der Waals surface area contributed by atoms with Gasteiger partial charge in [-0.25, -0.2) is 0 Å². The second kappa shape index (κ2) is 6.44. The Bertz CT molecular complexity index is 600. The van der Waals surface area contributed by atoms with E-state index in [1.807, 2.05) is 6.20 Å². The molecule has 2 aromatic rings. The molecule has 0 fully saturated rings. The maximum absolute atomic E-state index is 4.61. The fraction of sp³-hybridized carbons (Fsp3) is 0.500. The number of aryl methyl sites for hydroxylation is 1. The lowest BCUT2D eigenvalue weighted by atomic mass is 9.83. The molecule has 1 heterocycles. The van der Waals surface area contributed by atoms with Gasteiger partial charge in [-0.05, 0) is 43.9 Å². The summed E-state index contributed by atoms with van der Waals surface area (Å²) in [5.74, 6) is 0.612. The van der Waals surface area contributed by atoms with Gasteiger partial charge in [-0.15, -0.1) is 0 Å². The summed E-state index contributed by atoms with van der Waals surface area (Å²) in [5.41, 5.74) is 5.69. The lowest BCUT2D eigenvalue weighted by Gasteiger charge is -2.25. The van der Waals surface area contributed by atoms with E-state index in [-0.39, 0.29) is 0 Å². The molecule has 0 saturated carbocycles. The van der Waals surface area contributed by atoms with Gasteiger partial charge in [0, 0.05) is 30.3 Å². The van der Waals surface area contributed by atoms with Gasteiger partial charge in [0.15, 0.2) is 0 Å². The van der Waals surface area contributed by atoms with E-state index < -0.39 is 0 Å². The fourth-order valence-corrected chi connectivity index (χ4v) is 3.36. The normalized spacial score (nSPS) is 17.7. The molecule has 0 bridgehead atoms. The molecule has 1 aromatic heterocycles. The molecule has 0 spiro atoms. The number of aromatic nitrogens is 2. The van der Waals surface area contributed by atoms with Gasteiger partial charge in [0.25, 0.3) is 0 Å². The van der Waals surface area contributed by atoms with Crippen molar-refractivity contribution in [1.29, 1.82) is 0 Å². The SMILES string of the molecule is CCNCc1cnn(CC2CCCc3ccccc32)c1C. The standard InChI is InChI=1S/C18H25N3/c1-3-19-11-17-12-20-21(14(17)2)13-16-9-6-8-15-7-4-5-10-18(15)16/h4-5,7,10,12,16,19H,3,6,8-9,11,13H2,1-2H3. The van der Waals surface area contributed by atoms with Gasteiger partial charge < -0.3 is 5.32 Å². The summed E-state index contributed by atoms with van der Waals surface area (Å²) in [4.78, 5) is 0. The minimum absolute atomic E-state index is 0.612. The first-order chi connectivity index (χ1) is 10.3. The van der Waals surface area contributed by atoms with E-state index >= 15 is 0 Å². The summed E-state index contributed by atoms with van der Waals surface area (Å²) < 4.78 is 2.19. The molecule has 3 heteroatoms. The first-order valence-electron chi connectivity index (χ1n) is 8.09. The Morgan fingerprint density at radius 2 is 2.19 bits per heavy atom. The second-order valence-electron chi connectivity index (χ2n) is 6.01. The summed E-state index contributed by atoms with van der Waals surface area (Å²) in [7, 11) is 0. The second-order valence-corrected chi connectivity index (χ2v) is 6.01. The predicted octanol–water partition coefficient (Wildman–Crippen LogP) is 3.42. The highest BCUT2D eigenvalue weighted by molar-refractivity contribution is 5.32. The molecule has 0 radical (unpaired) electrons. The van der Waals surface area contributed by atoms with Crippen molar-refractivity contribution < 1.29 is 0 Å². The summed E-state index contributed by atoms with van der Waals surface area (Å²) in [5, 5.41) is 8.00. The van der Waals surface area contributed by atoms with E-state index in [4.69, 9.17) is 0 Å². The quantitative estimate of drug-likeness (QED) is 0.911. The van der Waals surface area contributed by atoms with Gasteiger partial charge in [-0.3, -0.25) is 4.68 Å². The molecule has 1 N–H and O–H groups in total. The zero-order chi connectivity index (χ0) is 14.7.